The Bertz CT molecular complexity index is 285. The Morgan fingerprint density at radius 3 is 2.40 bits per heavy atom. The van der Waals surface area contributed by atoms with Crippen molar-refractivity contribution in [3.8, 4) is 0 Å². The molecule has 0 aliphatic carbocycles. The summed E-state index contributed by atoms with van der Waals surface area (Å²) in [6.45, 7) is 13.8. The number of hydrogen-bond donors (Lipinski definition) is 1. The number of nitrogens with one attached hydrogen (secondary N) is 1. The highest BCUT2D eigenvalue weighted by atomic mass is 16.5. The fraction of sp³-hybridized carbons (Fsp3) is 1.00. The molecule has 1 N–H and O–H groups in total. The SMILES string of the molecule is CCC1CNC(CC)(CC)CN1C(C)C1CCOCC1. The monoisotopic (exact) mass is 282 g/mol. The summed E-state index contributed by atoms with van der Waals surface area (Å²) in [4.78, 5) is 2.82. The van der Waals surface area contributed by atoms with E-state index in [1.807, 2.05) is 0 Å². The van der Waals surface area contributed by atoms with Gasteiger partial charge in [-0.1, -0.05) is 20.8 Å². The van der Waals surface area contributed by atoms with Crippen LogP contribution in [0.4, 0.5) is 0 Å². The highest BCUT2D eigenvalue weighted by molar-refractivity contribution is 4.98. The first-order valence-electron chi connectivity index (χ1n) is 8.74. The van der Waals surface area contributed by atoms with Crippen molar-refractivity contribution < 1.29 is 4.74 Å². The van der Waals surface area contributed by atoms with Gasteiger partial charge >= 0.3 is 0 Å². The molecule has 0 spiro atoms. The maximum atomic E-state index is 5.54. The van der Waals surface area contributed by atoms with Gasteiger partial charge in [-0.2, -0.15) is 0 Å². The summed E-state index contributed by atoms with van der Waals surface area (Å²) in [6.07, 6.45) is 6.21. The van der Waals surface area contributed by atoms with Gasteiger partial charge in [0.25, 0.3) is 0 Å². The maximum absolute atomic E-state index is 5.54. The molecule has 2 saturated heterocycles. The van der Waals surface area contributed by atoms with Crippen LogP contribution in [0, 0.1) is 5.92 Å². The second kappa shape index (κ2) is 7.24. The molecule has 2 aliphatic heterocycles. The minimum Gasteiger partial charge on any atom is -0.381 e. The Morgan fingerprint density at radius 2 is 1.85 bits per heavy atom. The van der Waals surface area contributed by atoms with E-state index in [2.05, 4.69) is 37.9 Å². The highest BCUT2D eigenvalue weighted by Crippen LogP contribution is 2.30. The summed E-state index contributed by atoms with van der Waals surface area (Å²) < 4.78 is 5.54. The van der Waals surface area contributed by atoms with Crippen molar-refractivity contribution in [2.24, 2.45) is 5.92 Å². The van der Waals surface area contributed by atoms with Crippen molar-refractivity contribution in [3.05, 3.63) is 0 Å². The third-order valence-corrected chi connectivity index (χ3v) is 5.96. The average molecular weight is 282 g/mol. The van der Waals surface area contributed by atoms with Crippen LogP contribution < -0.4 is 5.32 Å². The van der Waals surface area contributed by atoms with Crippen molar-refractivity contribution in [2.45, 2.75) is 77.4 Å². The van der Waals surface area contributed by atoms with Crippen LogP contribution >= 0.6 is 0 Å². The zero-order valence-corrected chi connectivity index (χ0v) is 14.0. The van der Waals surface area contributed by atoms with E-state index in [4.69, 9.17) is 4.74 Å². The molecule has 0 aromatic carbocycles. The van der Waals surface area contributed by atoms with Crippen LogP contribution in [0.15, 0.2) is 0 Å². The Morgan fingerprint density at radius 1 is 1.20 bits per heavy atom. The van der Waals surface area contributed by atoms with Gasteiger partial charge in [-0.3, -0.25) is 4.90 Å². The Kier molecular flexibility index (Phi) is 5.88. The molecule has 2 fully saturated rings. The first kappa shape index (κ1) is 16.3. The fourth-order valence-corrected chi connectivity index (χ4v) is 4.03. The van der Waals surface area contributed by atoms with E-state index in [9.17, 15) is 0 Å². The summed E-state index contributed by atoms with van der Waals surface area (Å²) in [7, 11) is 0. The van der Waals surface area contributed by atoms with Crippen molar-refractivity contribution in [1.82, 2.24) is 10.2 Å². The first-order valence-corrected chi connectivity index (χ1v) is 8.74. The zero-order chi connectivity index (χ0) is 14.6. The molecule has 0 bridgehead atoms. The van der Waals surface area contributed by atoms with Gasteiger partial charge in [0.15, 0.2) is 0 Å². The third kappa shape index (κ3) is 3.37. The number of ether oxygens (including phenoxy) is 1. The maximum Gasteiger partial charge on any atom is 0.0469 e. The summed E-state index contributed by atoms with van der Waals surface area (Å²) in [5.74, 6) is 0.822. The van der Waals surface area contributed by atoms with Crippen molar-refractivity contribution in [1.29, 1.82) is 0 Å². The lowest BCUT2D eigenvalue weighted by Gasteiger charge is -2.51. The molecule has 2 atom stereocenters. The van der Waals surface area contributed by atoms with Gasteiger partial charge in [0.1, 0.15) is 0 Å². The van der Waals surface area contributed by atoms with Gasteiger partial charge < -0.3 is 10.1 Å². The Hall–Kier alpha value is -0.120. The predicted molar refractivity (Wildman–Crippen MR) is 85.1 cm³/mol. The number of piperazine rings is 1. The topological polar surface area (TPSA) is 24.5 Å². The molecule has 2 rings (SSSR count). The highest BCUT2D eigenvalue weighted by Gasteiger charge is 2.39. The quantitative estimate of drug-likeness (QED) is 0.839. The first-order chi connectivity index (χ1) is 9.65. The molecule has 2 heterocycles. The summed E-state index contributed by atoms with van der Waals surface area (Å²) >= 11 is 0. The lowest BCUT2D eigenvalue weighted by molar-refractivity contribution is -0.0144. The van der Waals surface area contributed by atoms with Crippen LogP contribution in [0.25, 0.3) is 0 Å². The molecule has 3 nitrogen and oxygen atoms in total. The Balaban J connectivity index is 2.07. The summed E-state index contributed by atoms with van der Waals surface area (Å²) in [6, 6.07) is 1.41. The standard InChI is InChI=1S/C17H34N2O/c1-5-16-12-18-17(6-2,7-3)13-19(16)14(4)15-8-10-20-11-9-15/h14-16,18H,5-13H2,1-4H3. The molecule has 20 heavy (non-hydrogen) atoms. The molecule has 2 aliphatic rings. The zero-order valence-electron chi connectivity index (χ0n) is 14.0. The van der Waals surface area contributed by atoms with E-state index in [1.54, 1.807) is 0 Å². The van der Waals surface area contributed by atoms with Crippen LogP contribution in [0.3, 0.4) is 0 Å². The smallest absolute Gasteiger partial charge is 0.0469 e. The molecular formula is C17H34N2O. The van der Waals surface area contributed by atoms with E-state index < -0.39 is 0 Å². The van der Waals surface area contributed by atoms with Crippen LogP contribution in [0.2, 0.25) is 0 Å². The van der Waals surface area contributed by atoms with E-state index in [0.29, 0.717) is 17.6 Å². The van der Waals surface area contributed by atoms with E-state index in [-0.39, 0.29) is 0 Å². The third-order valence-electron chi connectivity index (χ3n) is 5.96. The minimum atomic E-state index is 0.338. The largest absolute Gasteiger partial charge is 0.381 e. The predicted octanol–water partition coefficient (Wildman–Crippen LogP) is 3.04. The molecule has 0 saturated carbocycles. The summed E-state index contributed by atoms with van der Waals surface area (Å²) in [5.41, 5.74) is 0.338. The number of rotatable bonds is 5. The lowest BCUT2D eigenvalue weighted by Crippen LogP contribution is -2.66. The van der Waals surface area contributed by atoms with Crippen molar-refractivity contribution >= 4 is 0 Å². The molecule has 0 radical (unpaired) electrons. The molecular weight excluding hydrogens is 248 g/mol. The van der Waals surface area contributed by atoms with Crippen LogP contribution in [0.1, 0.15) is 59.8 Å². The Labute approximate surface area is 125 Å². The number of nitrogens with zero attached hydrogens (tertiary/aromatic N) is 1. The molecule has 2 unspecified atom stereocenters. The average Bonchev–Trinajstić information content (AvgIpc) is 2.54. The van der Waals surface area contributed by atoms with E-state index in [0.717, 1.165) is 25.7 Å². The van der Waals surface area contributed by atoms with Crippen molar-refractivity contribution in [3.63, 3.8) is 0 Å². The van der Waals surface area contributed by atoms with Gasteiger partial charge in [0.2, 0.25) is 0 Å². The molecule has 0 aromatic heterocycles. The fourth-order valence-electron chi connectivity index (χ4n) is 4.03. The number of hydrogen-bond acceptors (Lipinski definition) is 3. The molecule has 3 heteroatoms. The lowest BCUT2D eigenvalue weighted by atomic mass is 9.84. The van der Waals surface area contributed by atoms with Gasteiger partial charge in [0.05, 0.1) is 0 Å². The van der Waals surface area contributed by atoms with Gasteiger partial charge in [-0.05, 0) is 44.9 Å². The summed E-state index contributed by atoms with van der Waals surface area (Å²) in [5, 5.41) is 3.85. The molecule has 0 aromatic rings. The molecule has 118 valence electrons. The minimum absolute atomic E-state index is 0.338. The van der Waals surface area contributed by atoms with E-state index >= 15 is 0 Å². The van der Waals surface area contributed by atoms with Gasteiger partial charge in [0, 0.05) is 43.9 Å². The van der Waals surface area contributed by atoms with Crippen LogP contribution in [-0.4, -0.2) is 48.8 Å². The van der Waals surface area contributed by atoms with Gasteiger partial charge in [-0.15, -0.1) is 0 Å². The van der Waals surface area contributed by atoms with E-state index in [1.165, 1.54) is 38.6 Å². The van der Waals surface area contributed by atoms with Crippen LogP contribution in [-0.2, 0) is 4.74 Å². The molecule has 0 amide bonds. The second-order valence-electron chi connectivity index (χ2n) is 6.79. The second-order valence-corrected chi connectivity index (χ2v) is 6.79. The van der Waals surface area contributed by atoms with Crippen molar-refractivity contribution in [2.75, 3.05) is 26.3 Å². The normalized spacial score (nSPS) is 30.3. The van der Waals surface area contributed by atoms with Crippen LogP contribution in [0.5, 0.6) is 0 Å². The van der Waals surface area contributed by atoms with Gasteiger partial charge in [-0.25, -0.2) is 0 Å².